The van der Waals surface area contributed by atoms with Gasteiger partial charge in [-0.15, -0.1) is 0 Å². The van der Waals surface area contributed by atoms with Crippen LogP contribution in [0.5, 0.6) is 0 Å². The van der Waals surface area contributed by atoms with E-state index in [1.54, 1.807) is 0 Å². The van der Waals surface area contributed by atoms with Crippen LogP contribution in [0.1, 0.15) is 26.0 Å². The molecule has 1 heterocycles. The number of halogens is 1. The van der Waals surface area contributed by atoms with E-state index < -0.39 is 0 Å². The largest absolute Gasteiger partial charge is 0.354 e. The lowest BCUT2D eigenvalue weighted by Crippen LogP contribution is -2.09. The minimum absolute atomic E-state index is 0.669. The molecule has 0 aliphatic carbocycles. The van der Waals surface area contributed by atoms with Crippen molar-refractivity contribution in [2.45, 2.75) is 27.2 Å². The number of aryl methyl sites for hydroxylation is 1. The van der Waals surface area contributed by atoms with Gasteiger partial charge in [-0.25, -0.2) is 4.98 Å². The Hall–Kier alpha value is -1.62. The Morgan fingerprint density at radius 1 is 1.14 bits per heavy atom. The van der Waals surface area contributed by atoms with Crippen LogP contribution >= 0.6 is 15.9 Å². The molecule has 1 aromatic carbocycles. The first-order chi connectivity index (χ1) is 10.0. The molecule has 0 radical (unpaired) electrons. The second-order valence-electron chi connectivity index (χ2n) is 5.46. The number of rotatable bonds is 6. The van der Waals surface area contributed by atoms with Gasteiger partial charge in [-0.3, -0.25) is 0 Å². The minimum Gasteiger partial charge on any atom is -0.354 e. The van der Waals surface area contributed by atoms with Crippen LogP contribution in [0, 0.1) is 12.8 Å². The van der Waals surface area contributed by atoms with Crippen molar-refractivity contribution in [2.24, 2.45) is 5.92 Å². The van der Waals surface area contributed by atoms with Crippen molar-refractivity contribution >= 4 is 33.4 Å². The van der Waals surface area contributed by atoms with Gasteiger partial charge in [0.25, 0.3) is 0 Å². The maximum atomic E-state index is 4.50. The topological polar surface area (TPSA) is 49.8 Å². The van der Waals surface area contributed by atoms with Crippen molar-refractivity contribution in [3.05, 3.63) is 40.5 Å². The van der Waals surface area contributed by atoms with Gasteiger partial charge < -0.3 is 10.6 Å². The van der Waals surface area contributed by atoms with Crippen molar-refractivity contribution in [2.75, 3.05) is 17.2 Å². The molecule has 21 heavy (non-hydrogen) atoms. The number of benzene rings is 1. The molecule has 112 valence electrons. The van der Waals surface area contributed by atoms with Crippen molar-refractivity contribution in [1.82, 2.24) is 9.97 Å². The molecule has 0 saturated heterocycles. The Labute approximate surface area is 134 Å². The molecule has 2 rings (SSSR count). The fraction of sp³-hybridized carbons (Fsp3) is 0.375. The van der Waals surface area contributed by atoms with Gasteiger partial charge in [-0.2, -0.15) is 4.98 Å². The molecule has 0 aliphatic rings. The molecule has 5 heteroatoms. The molecule has 0 atom stereocenters. The van der Waals surface area contributed by atoms with E-state index in [1.807, 2.05) is 37.3 Å². The fourth-order valence-corrected chi connectivity index (χ4v) is 2.13. The molecule has 0 spiro atoms. The van der Waals surface area contributed by atoms with Gasteiger partial charge in [-0.05, 0) is 43.5 Å². The first-order valence-corrected chi connectivity index (χ1v) is 7.94. The summed E-state index contributed by atoms with van der Waals surface area (Å²) in [7, 11) is 0. The lowest BCUT2D eigenvalue weighted by molar-refractivity contribution is 0.606. The summed E-state index contributed by atoms with van der Waals surface area (Å²) in [5.74, 6) is 2.15. The van der Waals surface area contributed by atoms with E-state index in [9.17, 15) is 0 Å². The molecule has 0 unspecified atom stereocenters. The third-order valence-corrected chi connectivity index (χ3v) is 3.50. The first-order valence-electron chi connectivity index (χ1n) is 7.15. The molecule has 0 amide bonds. The molecule has 0 aliphatic heterocycles. The van der Waals surface area contributed by atoms with E-state index in [4.69, 9.17) is 0 Å². The Kier molecular flexibility index (Phi) is 5.56. The Morgan fingerprint density at radius 2 is 1.86 bits per heavy atom. The number of nitrogens with zero attached hydrogens (tertiary/aromatic N) is 2. The molecule has 2 aromatic rings. The van der Waals surface area contributed by atoms with Crippen LogP contribution in [0.25, 0.3) is 0 Å². The summed E-state index contributed by atoms with van der Waals surface area (Å²) >= 11 is 3.43. The summed E-state index contributed by atoms with van der Waals surface area (Å²) in [6, 6.07) is 9.95. The van der Waals surface area contributed by atoms with Gasteiger partial charge in [0.05, 0.1) is 0 Å². The van der Waals surface area contributed by atoms with Crippen molar-refractivity contribution in [3.63, 3.8) is 0 Å². The van der Waals surface area contributed by atoms with Gasteiger partial charge in [-0.1, -0.05) is 29.8 Å². The zero-order valence-electron chi connectivity index (χ0n) is 12.7. The Balaban J connectivity index is 2.05. The average molecular weight is 349 g/mol. The second kappa shape index (κ2) is 7.41. The highest BCUT2D eigenvalue weighted by Gasteiger charge is 2.03. The number of hydrogen-bond acceptors (Lipinski definition) is 4. The molecule has 0 fully saturated rings. The van der Waals surface area contributed by atoms with Crippen LogP contribution in [0.3, 0.4) is 0 Å². The van der Waals surface area contributed by atoms with Crippen LogP contribution in [-0.4, -0.2) is 16.5 Å². The lowest BCUT2D eigenvalue weighted by Gasteiger charge is -2.11. The van der Waals surface area contributed by atoms with Crippen LogP contribution in [0.4, 0.5) is 17.5 Å². The number of aromatic nitrogens is 2. The zero-order chi connectivity index (χ0) is 15.2. The van der Waals surface area contributed by atoms with Crippen LogP contribution in [-0.2, 0) is 0 Å². The molecule has 2 N–H and O–H groups in total. The predicted molar refractivity (Wildman–Crippen MR) is 92.1 cm³/mol. The molecule has 4 nitrogen and oxygen atoms in total. The van der Waals surface area contributed by atoms with E-state index in [1.165, 1.54) is 0 Å². The standard InChI is InChI=1S/C16H21BrN4/c1-11(2)8-9-18-16-19-12(3)10-15(21-16)20-14-6-4-13(17)5-7-14/h4-7,10-11H,8-9H2,1-3H3,(H2,18,19,20,21). The van der Waals surface area contributed by atoms with Gasteiger partial charge in [0.1, 0.15) is 5.82 Å². The summed E-state index contributed by atoms with van der Waals surface area (Å²) in [5.41, 5.74) is 1.95. The number of hydrogen-bond donors (Lipinski definition) is 2. The molecule has 0 bridgehead atoms. The maximum Gasteiger partial charge on any atom is 0.224 e. The van der Waals surface area contributed by atoms with Crippen LogP contribution in [0.15, 0.2) is 34.8 Å². The third kappa shape index (κ3) is 5.34. The van der Waals surface area contributed by atoms with Gasteiger partial charge in [0, 0.05) is 28.5 Å². The number of nitrogens with one attached hydrogen (secondary N) is 2. The summed E-state index contributed by atoms with van der Waals surface area (Å²) in [6.07, 6.45) is 1.10. The highest BCUT2D eigenvalue weighted by molar-refractivity contribution is 9.10. The van der Waals surface area contributed by atoms with E-state index in [0.717, 1.165) is 34.6 Å². The van der Waals surface area contributed by atoms with E-state index >= 15 is 0 Å². The fourth-order valence-electron chi connectivity index (χ4n) is 1.87. The maximum absolute atomic E-state index is 4.50. The van der Waals surface area contributed by atoms with Crippen LogP contribution < -0.4 is 10.6 Å². The second-order valence-corrected chi connectivity index (χ2v) is 6.38. The summed E-state index contributed by atoms with van der Waals surface area (Å²) in [4.78, 5) is 8.92. The van der Waals surface area contributed by atoms with E-state index in [2.05, 4.69) is 50.4 Å². The number of anilines is 3. The average Bonchev–Trinajstić information content (AvgIpc) is 2.40. The highest BCUT2D eigenvalue weighted by Crippen LogP contribution is 2.19. The van der Waals surface area contributed by atoms with Crippen LogP contribution in [0.2, 0.25) is 0 Å². The molecular formula is C16H21BrN4. The smallest absolute Gasteiger partial charge is 0.224 e. The van der Waals surface area contributed by atoms with Crippen molar-refractivity contribution in [1.29, 1.82) is 0 Å². The minimum atomic E-state index is 0.669. The first kappa shape index (κ1) is 15.8. The SMILES string of the molecule is Cc1cc(Nc2ccc(Br)cc2)nc(NCCC(C)C)n1. The van der Waals surface area contributed by atoms with Gasteiger partial charge in [0.2, 0.25) is 5.95 Å². The normalized spacial score (nSPS) is 10.7. The van der Waals surface area contributed by atoms with Crippen molar-refractivity contribution in [3.8, 4) is 0 Å². The van der Waals surface area contributed by atoms with Gasteiger partial charge >= 0.3 is 0 Å². The Morgan fingerprint density at radius 3 is 2.52 bits per heavy atom. The van der Waals surface area contributed by atoms with Crippen molar-refractivity contribution < 1.29 is 0 Å². The summed E-state index contributed by atoms with van der Waals surface area (Å²) in [5, 5.41) is 6.58. The van der Waals surface area contributed by atoms with E-state index in [0.29, 0.717) is 11.9 Å². The zero-order valence-corrected chi connectivity index (χ0v) is 14.2. The monoisotopic (exact) mass is 348 g/mol. The third-order valence-electron chi connectivity index (χ3n) is 2.98. The Bertz CT molecular complexity index is 581. The summed E-state index contributed by atoms with van der Waals surface area (Å²) < 4.78 is 1.06. The molecular weight excluding hydrogens is 328 g/mol. The highest BCUT2D eigenvalue weighted by atomic mass is 79.9. The lowest BCUT2D eigenvalue weighted by atomic mass is 10.1. The predicted octanol–water partition coefficient (Wildman–Crippen LogP) is 4.75. The quantitative estimate of drug-likeness (QED) is 0.790. The van der Waals surface area contributed by atoms with E-state index in [-0.39, 0.29) is 0 Å². The molecule has 1 aromatic heterocycles. The molecule has 0 saturated carbocycles. The summed E-state index contributed by atoms with van der Waals surface area (Å²) in [6.45, 7) is 7.28. The van der Waals surface area contributed by atoms with Gasteiger partial charge in [0.15, 0.2) is 0 Å².